The van der Waals surface area contributed by atoms with Crippen molar-refractivity contribution in [2.75, 3.05) is 18.5 Å². The molecule has 0 bridgehead atoms. The highest BCUT2D eigenvalue weighted by molar-refractivity contribution is 6.00. The Labute approximate surface area is 148 Å². The Morgan fingerprint density at radius 2 is 1.81 bits per heavy atom. The fourth-order valence-corrected chi connectivity index (χ4v) is 3.08. The summed E-state index contributed by atoms with van der Waals surface area (Å²) < 4.78 is 40.5. The molecule has 0 radical (unpaired) electrons. The molecule has 2 amide bonds. The lowest BCUT2D eigenvalue weighted by Crippen LogP contribution is -2.34. The van der Waals surface area contributed by atoms with E-state index < -0.39 is 29.3 Å². The van der Waals surface area contributed by atoms with Crippen LogP contribution >= 0.6 is 0 Å². The molecular formula is C19H17F3N2O2. The van der Waals surface area contributed by atoms with Crippen LogP contribution in [0.2, 0.25) is 0 Å². The zero-order valence-corrected chi connectivity index (χ0v) is 14.1. The molecule has 0 spiro atoms. The molecule has 0 aliphatic carbocycles. The zero-order chi connectivity index (χ0) is 18.8. The Morgan fingerprint density at radius 3 is 2.50 bits per heavy atom. The third kappa shape index (κ3) is 3.42. The van der Waals surface area contributed by atoms with Crippen molar-refractivity contribution in [3.8, 4) is 0 Å². The largest absolute Gasteiger partial charge is 0.341 e. The van der Waals surface area contributed by atoms with Crippen molar-refractivity contribution in [1.29, 1.82) is 0 Å². The Morgan fingerprint density at radius 1 is 1.12 bits per heavy atom. The molecule has 1 fully saturated rings. The number of benzene rings is 2. The maximum Gasteiger partial charge on any atom is 0.228 e. The van der Waals surface area contributed by atoms with Crippen molar-refractivity contribution >= 4 is 17.5 Å². The van der Waals surface area contributed by atoms with Gasteiger partial charge in [-0.1, -0.05) is 30.3 Å². The van der Waals surface area contributed by atoms with E-state index in [0.717, 1.165) is 22.6 Å². The van der Waals surface area contributed by atoms with Gasteiger partial charge >= 0.3 is 0 Å². The van der Waals surface area contributed by atoms with Gasteiger partial charge < -0.3 is 9.80 Å². The zero-order valence-electron chi connectivity index (χ0n) is 14.1. The first-order valence-corrected chi connectivity index (χ1v) is 8.11. The molecule has 1 heterocycles. The van der Waals surface area contributed by atoms with Gasteiger partial charge in [0.15, 0.2) is 17.5 Å². The normalized spacial score (nSPS) is 16.8. The maximum absolute atomic E-state index is 14.0. The van der Waals surface area contributed by atoms with E-state index in [-0.39, 0.29) is 24.6 Å². The minimum Gasteiger partial charge on any atom is -0.341 e. The standard InChI is InChI=1S/C19H17F3N2O2/c1-23(10-12-5-3-2-4-6-12)19(26)13-9-16(25)24(11-13)15-8-7-14(20)17(21)18(15)22/h2-8,13H,9-11H2,1H3. The highest BCUT2D eigenvalue weighted by atomic mass is 19.2. The number of anilines is 1. The van der Waals surface area contributed by atoms with E-state index in [2.05, 4.69) is 0 Å². The van der Waals surface area contributed by atoms with Crippen LogP contribution in [0.1, 0.15) is 12.0 Å². The second-order valence-electron chi connectivity index (χ2n) is 6.28. The van der Waals surface area contributed by atoms with Gasteiger partial charge in [-0.25, -0.2) is 13.2 Å². The van der Waals surface area contributed by atoms with Crippen molar-refractivity contribution in [2.24, 2.45) is 5.92 Å². The van der Waals surface area contributed by atoms with Gasteiger partial charge in [0.25, 0.3) is 0 Å². The number of carbonyl (C=O) groups is 2. The number of hydrogen-bond acceptors (Lipinski definition) is 2. The van der Waals surface area contributed by atoms with E-state index in [4.69, 9.17) is 0 Å². The molecule has 136 valence electrons. The van der Waals surface area contributed by atoms with Gasteiger partial charge in [0.05, 0.1) is 11.6 Å². The first kappa shape index (κ1) is 18.0. The monoisotopic (exact) mass is 362 g/mol. The van der Waals surface area contributed by atoms with Crippen LogP contribution in [0.5, 0.6) is 0 Å². The molecule has 1 unspecified atom stereocenters. The summed E-state index contributed by atoms with van der Waals surface area (Å²) in [5.41, 5.74) is 0.589. The van der Waals surface area contributed by atoms with Crippen LogP contribution in [0.25, 0.3) is 0 Å². The fraction of sp³-hybridized carbons (Fsp3) is 0.263. The van der Waals surface area contributed by atoms with E-state index in [1.54, 1.807) is 7.05 Å². The minimum atomic E-state index is -1.63. The number of amides is 2. The summed E-state index contributed by atoms with van der Waals surface area (Å²) >= 11 is 0. The highest BCUT2D eigenvalue weighted by Crippen LogP contribution is 2.30. The molecule has 1 atom stereocenters. The minimum absolute atomic E-state index is 0.0706. The van der Waals surface area contributed by atoms with E-state index in [9.17, 15) is 22.8 Å². The average Bonchev–Trinajstić information content (AvgIpc) is 3.01. The Balaban J connectivity index is 1.73. The van der Waals surface area contributed by atoms with Gasteiger partial charge in [-0.2, -0.15) is 0 Å². The van der Waals surface area contributed by atoms with Crippen molar-refractivity contribution in [3.63, 3.8) is 0 Å². The quantitative estimate of drug-likeness (QED) is 0.784. The lowest BCUT2D eigenvalue weighted by Gasteiger charge is -2.22. The number of nitrogens with zero attached hydrogens (tertiary/aromatic N) is 2. The van der Waals surface area contributed by atoms with Gasteiger partial charge in [-0.3, -0.25) is 9.59 Å². The van der Waals surface area contributed by atoms with Crippen LogP contribution in [0.15, 0.2) is 42.5 Å². The van der Waals surface area contributed by atoms with Crippen LogP contribution in [0.3, 0.4) is 0 Å². The van der Waals surface area contributed by atoms with Gasteiger partial charge in [0, 0.05) is 26.6 Å². The van der Waals surface area contributed by atoms with Crippen molar-refractivity contribution in [3.05, 3.63) is 65.5 Å². The van der Waals surface area contributed by atoms with Crippen molar-refractivity contribution in [1.82, 2.24) is 4.90 Å². The Bertz CT molecular complexity index is 842. The smallest absolute Gasteiger partial charge is 0.228 e. The SMILES string of the molecule is CN(Cc1ccccc1)C(=O)C1CC(=O)N(c2ccc(F)c(F)c2F)C1. The lowest BCUT2D eigenvalue weighted by atomic mass is 10.1. The number of halogens is 3. The van der Waals surface area contributed by atoms with E-state index >= 15 is 0 Å². The van der Waals surface area contributed by atoms with Crippen molar-refractivity contribution in [2.45, 2.75) is 13.0 Å². The molecule has 2 aromatic rings. The average molecular weight is 362 g/mol. The Kier molecular flexibility index (Phi) is 4.97. The maximum atomic E-state index is 14.0. The molecule has 2 aromatic carbocycles. The summed E-state index contributed by atoms with van der Waals surface area (Å²) in [5.74, 6) is -5.80. The van der Waals surface area contributed by atoms with Crippen LogP contribution < -0.4 is 4.90 Å². The number of rotatable bonds is 4. The summed E-state index contributed by atoms with van der Waals surface area (Å²) in [7, 11) is 1.63. The van der Waals surface area contributed by atoms with Crippen molar-refractivity contribution < 1.29 is 22.8 Å². The molecule has 4 nitrogen and oxygen atoms in total. The number of hydrogen-bond donors (Lipinski definition) is 0. The summed E-state index contributed by atoms with van der Waals surface area (Å²) in [6.07, 6.45) is -0.101. The van der Waals surface area contributed by atoms with Gasteiger partial charge in [-0.05, 0) is 17.7 Å². The first-order valence-electron chi connectivity index (χ1n) is 8.11. The molecule has 26 heavy (non-hydrogen) atoms. The second kappa shape index (κ2) is 7.19. The summed E-state index contributed by atoms with van der Waals surface area (Å²) in [4.78, 5) is 27.3. The predicted octanol–water partition coefficient (Wildman–Crippen LogP) is 3.12. The Hall–Kier alpha value is -2.83. The molecule has 1 saturated heterocycles. The fourth-order valence-electron chi connectivity index (χ4n) is 3.08. The van der Waals surface area contributed by atoms with E-state index in [1.807, 2.05) is 30.3 Å². The molecule has 0 aromatic heterocycles. The molecular weight excluding hydrogens is 345 g/mol. The molecule has 1 aliphatic heterocycles. The number of carbonyl (C=O) groups excluding carboxylic acids is 2. The van der Waals surface area contributed by atoms with E-state index in [1.165, 1.54) is 4.90 Å². The predicted molar refractivity (Wildman–Crippen MR) is 89.7 cm³/mol. The molecule has 7 heteroatoms. The third-order valence-corrected chi connectivity index (χ3v) is 4.42. The van der Waals surface area contributed by atoms with Crippen LogP contribution in [-0.2, 0) is 16.1 Å². The van der Waals surface area contributed by atoms with Gasteiger partial charge in [0.2, 0.25) is 11.8 Å². The summed E-state index contributed by atoms with van der Waals surface area (Å²) in [5, 5.41) is 0. The van der Waals surface area contributed by atoms with E-state index in [0.29, 0.717) is 6.54 Å². The van der Waals surface area contributed by atoms with Gasteiger partial charge in [0.1, 0.15) is 0 Å². The highest BCUT2D eigenvalue weighted by Gasteiger charge is 2.38. The van der Waals surface area contributed by atoms with Crippen LogP contribution in [0.4, 0.5) is 18.9 Å². The summed E-state index contributed by atoms with van der Waals surface area (Å²) in [6, 6.07) is 11.1. The molecule has 0 N–H and O–H groups in total. The molecule has 3 rings (SSSR count). The summed E-state index contributed by atoms with van der Waals surface area (Å²) in [6.45, 7) is 0.308. The van der Waals surface area contributed by atoms with Crippen LogP contribution in [-0.4, -0.2) is 30.3 Å². The first-order chi connectivity index (χ1) is 12.4. The second-order valence-corrected chi connectivity index (χ2v) is 6.28. The molecule has 1 aliphatic rings. The molecule has 0 saturated carbocycles. The van der Waals surface area contributed by atoms with Gasteiger partial charge in [-0.15, -0.1) is 0 Å². The topological polar surface area (TPSA) is 40.6 Å². The van der Waals surface area contributed by atoms with Crippen LogP contribution in [0, 0.1) is 23.4 Å². The third-order valence-electron chi connectivity index (χ3n) is 4.42. The lowest BCUT2D eigenvalue weighted by molar-refractivity contribution is -0.135.